The Balaban J connectivity index is 1.26. The lowest BCUT2D eigenvalue weighted by Crippen LogP contribution is -2.44. The number of ether oxygens (including phenoxy) is 1. The first kappa shape index (κ1) is 20.2. The van der Waals surface area contributed by atoms with E-state index >= 15 is 0 Å². The van der Waals surface area contributed by atoms with E-state index in [-0.39, 0.29) is 17.4 Å². The van der Waals surface area contributed by atoms with Crippen LogP contribution in [0.3, 0.4) is 0 Å². The lowest BCUT2D eigenvalue weighted by molar-refractivity contribution is -0.00568. The van der Waals surface area contributed by atoms with Crippen LogP contribution >= 0.6 is 11.3 Å². The van der Waals surface area contributed by atoms with Crippen molar-refractivity contribution in [1.29, 1.82) is 0 Å². The van der Waals surface area contributed by atoms with Gasteiger partial charge < -0.3 is 14.6 Å². The summed E-state index contributed by atoms with van der Waals surface area (Å²) in [5.41, 5.74) is 1.45. The number of hydrogen-bond donors (Lipinski definition) is 1. The minimum Gasteiger partial charge on any atom is -0.373 e. The Hall–Kier alpha value is -1.77. The first-order valence-electron chi connectivity index (χ1n) is 11.2. The van der Waals surface area contributed by atoms with Gasteiger partial charge in [0.05, 0.1) is 6.61 Å². The van der Waals surface area contributed by atoms with Crippen molar-refractivity contribution >= 4 is 17.2 Å². The van der Waals surface area contributed by atoms with E-state index in [0.29, 0.717) is 12.4 Å². The van der Waals surface area contributed by atoms with Crippen LogP contribution in [0.2, 0.25) is 0 Å². The third-order valence-corrected chi connectivity index (χ3v) is 7.74. The second-order valence-corrected chi connectivity index (χ2v) is 10.0. The molecular formula is C22H31N5O2S. The van der Waals surface area contributed by atoms with Gasteiger partial charge in [0.2, 0.25) is 5.82 Å². The first-order chi connectivity index (χ1) is 14.7. The van der Waals surface area contributed by atoms with Gasteiger partial charge >= 0.3 is 0 Å². The van der Waals surface area contributed by atoms with Gasteiger partial charge in [0.1, 0.15) is 6.61 Å². The highest BCUT2D eigenvalue weighted by Crippen LogP contribution is 2.37. The Bertz CT molecular complexity index is 851. The predicted molar refractivity (Wildman–Crippen MR) is 115 cm³/mol. The molecule has 4 heterocycles. The van der Waals surface area contributed by atoms with Crippen LogP contribution < -0.4 is 5.32 Å². The number of carbonyl (C=O) groups is 1. The Labute approximate surface area is 181 Å². The summed E-state index contributed by atoms with van der Waals surface area (Å²) in [7, 11) is 0. The molecule has 162 valence electrons. The van der Waals surface area contributed by atoms with Gasteiger partial charge in [-0.05, 0) is 61.2 Å². The number of thiophene rings is 1. The van der Waals surface area contributed by atoms with E-state index < -0.39 is 0 Å². The standard InChI is InChI=1S/C22H31N5O2S/c28-21(23-18-4-2-1-3-5-18)20-25-24-19-13-29-16-22(15-27(19)20)7-9-26(10-8-22)12-17-6-11-30-14-17/h6,11,14,18H,1-5,7-10,12-13,15-16H2,(H,23,28). The number of piperidine rings is 1. The molecule has 1 saturated heterocycles. The van der Waals surface area contributed by atoms with Crippen molar-refractivity contribution < 1.29 is 9.53 Å². The molecule has 8 heteroatoms. The molecule has 1 spiro atoms. The van der Waals surface area contributed by atoms with Crippen molar-refractivity contribution in [3.63, 3.8) is 0 Å². The van der Waals surface area contributed by atoms with Crippen LogP contribution in [0.25, 0.3) is 0 Å². The van der Waals surface area contributed by atoms with Gasteiger partial charge in [-0.15, -0.1) is 10.2 Å². The highest BCUT2D eigenvalue weighted by atomic mass is 32.1. The zero-order chi connectivity index (χ0) is 20.4. The van der Waals surface area contributed by atoms with E-state index in [9.17, 15) is 4.79 Å². The molecule has 1 amide bonds. The fraction of sp³-hybridized carbons (Fsp3) is 0.682. The number of aromatic nitrogens is 3. The Kier molecular flexibility index (Phi) is 5.89. The average Bonchev–Trinajstić information content (AvgIpc) is 3.37. The molecular weight excluding hydrogens is 398 g/mol. The second-order valence-electron chi connectivity index (χ2n) is 9.23. The molecule has 0 radical (unpaired) electrons. The molecule has 2 fully saturated rings. The molecule has 1 N–H and O–H groups in total. The molecule has 0 bridgehead atoms. The van der Waals surface area contributed by atoms with Crippen LogP contribution in [0.4, 0.5) is 0 Å². The number of hydrogen-bond acceptors (Lipinski definition) is 6. The van der Waals surface area contributed by atoms with Crippen LogP contribution in [0, 0.1) is 5.41 Å². The van der Waals surface area contributed by atoms with E-state index in [1.165, 1.54) is 24.8 Å². The number of nitrogens with zero attached hydrogens (tertiary/aromatic N) is 4. The van der Waals surface area contributed by atoms with Gasteiger partial charge in [0.25, 0.3) is 5.91 Å². The minimum atomic E-state index is -0.0763. The van der Waals surface area contributed by atoms with Gasteiger partial charge in [-0.2, -0.15) is 11.3 Å². The fourth-order valence-corrected chi connectivity index (χ4v) is 5.80. The number of fused-ring (bicyclic) bond motifs is 1. The lowest BCUT2D eigenvalue weighted by Gasteiger charge is -2.41. The van der Waals surface area contributed by atoms with E-state index in [2.05, 4.69) is 37.2 Å². The summed E-state index contributed by atoms with van der Waals surface area (Å²) in [5.74, 6) is 1.16. The molecule has 1 aliphatic carbocycles. The molecule has 3 aliphatic rings. The normalized spacial score (nSPS) is 22.5. The number of likely N-dealkylation sites (tertiary alicyclic amines) is 1. The molecule has 5 rings (SSSR count). The topological polar surface area (TPSA) is 72.3 Å². The number of amides is 1. The van der Waals surface area contributed by atoms with Crippen LogP contribution in [-0.2, 0) is 24.4 Å². The fourth-order valence-electron chi connectivity index (χ4n) is 5.14. The molecule has 0 unspecified atom stereocenters. The van der Waals surface area contributed by atoms with Crippen molar-refractivity contribution in [2.75, 3.05) is 19.7 Å². The molecule has 30 heavy (non-hydrogen) atoms. The lowest BCUT2D eigenvalue weighted by atomic mass is 9.78. The molecule has 7 nitrogen and oxygen atoms in total. The summed E-state index contributed by atoms with van der Waals surface area (Å²) in [4.78, 5) is 15.5. The Morgan fingerprint density at radius 2 is 2.07 bits per heavy atom. The summed E-state index contributed by atoms with van der Waals surface area (Å²) < 4.78 is 8.07. The third-order valence-electron chi connectivity index (χ3n) is 7.01. The zero-order valence-corrected chi connectivity index (χ0v) is 18.3. The predicted octanol–water partition coefficient (Wildman–Crippen LogP) is 3.21. The average molecular weight is 430 g/mol. The second kappa shape index (κ2) is 8.77. The highest BCUT2D eigenvalue weighted by Gasteiger charge is 2.39. The van der Waals surface area contributed by atoms with E-state index in [0.717, 1.165) is 64.3 Å². The number of rotatable bonds is 4. The smallest absolute Gasteiger partial charge is 0.289 e. The summed E-state index contributed by atoms with van der Waals surface area (Å²) in [5, 5.41) is 16.1. The van der Waals surface area contributed by atoms with Crippen molar-refractivity contribution in [2.45, 2.75) is 70.7 Å². The van der Waals surface area contributed by atoms with Gasteiger partial charge in [-0.3, -0.25) is 9.69 Å². The van der Waals surface area contributed by atoms with E-state index in [1.807, 2.05) is 4.57 Å². The monoisotopic (exact) mass is 429 g/mol. The Morgan fingerprint density at radius 1 is 1.23 bits per heavy atom. The van der Waals surface area contributed by atoms with Crippen LogP contribution in [0.15, 0.2) is 16.8 Å². The molecule has 2 aromatic rings. The summed E-state index contributed by atoms with van der Waals surface area (Å²) >= 11 is 1.76. The van der Waals surface area contributed by atoms with Gasteiger partial charge in [0.15, 0.2) is 5.82 Å². The summed E-state index contributed by atoms with van der Waals surface area (Å²) in [6, 6.07) is 2.49. The molecule has 2 aromatic heterocycles. The maximum Gasteiger partial charge on any atom is 0.289 e. The number of nitrogens with one attached hydrogen (secondary N) is 1. The maximum absolute atomic E-state index is 13.0. The van der Waals surface area contributed by atoms with E-state index in [1.54, 1.807) is 11.3 Å². The largest absolute Gasteiger partial charge is 0.373 e. The first-order valence-corrected chi connectivity index (χ1v) is 12.2. The Morgan fingerprint density at radius 3 is 2.83 bits per heavy atom. The van der Waals surface area contributed by atoms with Crippen molar-refractivity contribution in [3.8, 4) is 0 Å². The molecule has 0 atom stereocenters. The van der Waals surface area contributed by atoms with Crippen LogP contribution in [0.5, 0.6) is 0 Å². The van der Waals surface area contributed by atoms with Crippen LogP contribution in [-0.4, -0.2) is 51.3 Å². The summed E-state index contributed by atoms with van der Waals surface area (Å²) in [6.45, 7) is 5.07. The van der Waals surface area contributed by atoms with Crippen molar-refractivity contribution in [1.82, 2.24) is 25.0 Å². The third kappa shape index (κ3) is 4.31. The zero-order valence-electron chi connectivity index (χ0n) is 17.5. The molecule has 1 saturated carbocycles. The van der Waals surface area contributed by atoms with Crippen molar-refractivity contribution in [3.05, 3.63) is 34.0 Å². The molecule has 2 aliphatic heterocycles. The highest BCUT2D eigenvalue weighted by molar-refractivity contribution is 7.07. The SMILES string of the molecule is O=C(NC1CCCCC1)c1nnc2n1CC1(CCN(Cc3ccsc3)CC1)COC2. The van der Waals surface area contributed by atoms with E-state index in [4.69, 9.17) is 4.74 Å². The molecule has 0 aromatic carbocycles. The quantitative estimate of drug-likeness (QED) is 0.808. The maximum atomic E-state index is 13.0. The number of carbonyl (C=O) groups excluding carboxylic acids is 1. The van der Waals surface area contributed by atoms with Gasteiger partial charge in [-0.1, -0.05) is 19.3 Å². The van der Waals surface area contributed by atoms with Gasteiger partial charge in [0, 0.05) is 24.5 Å². The summed E-state index contributed by atoms with van der Waals surface area (Å²) in [6.07, 6.45) is 7.94. The van der Waals surface area contributed by atoms with Crippen LogP contribution in [0.1, 0.15) is 67.0 Å². The van der Waals surface area contributed by atoms with Gasteiger partial charge in [-0.25, -0.2) is 0 Å². The van der Waals surface area contributed by atoms with Crippen molar-refractivity contribution in [2.24, 2.45) is 5.41 Å². The minimum absolute atomic E-state index is 0.0542.